The summed E-state index contributed by atoms with van der Waals surface area (Å²) in [5.74, 6) is -1.09. The fraction of sp³-hybridized carbons (Fsp3) is 0.375. The lowest BCUT2D eigenvalue weighted by molar-refractivity contribution is -0.136. The summed E-state index contributed by atoms with van der Waals surface area (Å²) in [6.07, 6.45) is -0.415. The summed E-state index contributed by atoms with van der Waals surface area (Å²) in [5, 5.41) is 8.16. The van der Waals surface area contributed by atoms with E-state index in [1.165, 1.54) is 12.1 Å². The van der Waals surface area contributed by atoms with E-state index in [1.54, 1.807) is 6.92 Å². The highest BCUT2D eigenvalue weighted by Gasteiger charge is 2.19. The predicted octanol–water partition coefficient (Wildman–Crippen LogP) is 0.836. The number of sulfone groups is 1. The van der Waals surface area contributed by atoms with Gasteiger partial charge in [0.15, 0.2) is 0 Å². The van der Waals surface area contributed by atoms with Crippen molar-refractivity contribution >= 4 is 15.8 Å². The molecule has 0 unspecified atom stereocenters. The monoisotopic (exact) mass is 218 g/mol. The van der Waals surface area contributed by atoms with Crippen molar-refractivity contribution in [1.82, 2.24) is 0 Å². The van der Waals surface area contributed by atoms with Gasteiger partial charge in [0, 0.05) is 0 Å². The van der Waals surface area contributed by atoms with Crippen LogP contribution < -0.4 is 0 Å². The van der Waals surface area contributed by atoms with Gasteiger partial charge < -0.3 is 9.52 Å². The Morgan fingerprint density at radius 2 is 2.14 bits per heavy atom. The Balaban J connectivity index is 2.81. The van der Waals surface area contributed by atoms with E-state index in [0.29, 0.717) is 5.76 Å². The number of carbonyl (C=O) groups is 1. The average molecular weight is 218 g/mol. The number of aliphatic carboxylic acids is 1. The number of carboxylic acids is 1. The molecule has 0 radical (unpaired) electrons. The van der Waals surface area contributed by atoms with E-state index in [4.69, 9.17) is 9.52 Å². The highest BCUT2D eigenvalue weighted by Crippen LogP contribution is 2.15. The summed E-state index contributed by atoms with van der Waals surface area (Å²) in [5.41, 5.74) is 0. The molecule has 78 valence electrons. The van der Waals surface area contributed by atoms with Crippen LogP contribution >= 0.6 is 0 Å². The van der Waals surface area contributed by atoms with Gasteiger partial charge in [0.05, 0.1) is 12.2 Å². The second-order valence-corrected chi connectivity index (χ2v) is 4.87. The second kappa shape index (κ2) is 3.83. The number of hydrogen-bond donors (Lipinski definition) is 1. The predicted molar refractivity (Wildman–Crippen MR) is 47.8 cm³/mol. The summed E-state index contributed by atoms with van der Waals surface area (Å²) in [6.45, 7) is 1.62. The number of carboxylic acid groups (broad SMARTS) is 1. The van der Waals surface area contributed by atoms with Crippen LogP contribution in [-0.2, 0) is 14.6 Å². The maximum atomic E-state index is 11.4. The Hall–Kier alpha value is -1.30. The van der Waals surface area contributed by atoms with Gasteiger partial charge >= 0.3 is 5.97 Å². The fourth-order valence-electron chi connectivity index (χ4n) is 0.902. The molecule has 0 aliphatic rings. The molecule has 0 amide bonds. The molecule has 1 rings (SSSR count). The molecule has 0 aliphatic carbocycles. The van der Waals surface area contributed by atoms with E-state index in [-0.39, 0.29) is 5.09 Å². The first-order valence-corrected chi connectivity index (χ1v) is 5.58. The fourth-order valence-corrected chi connectivity index (χ4v) is 2.08. The lowest BCUT2D eigenvalue weighted by atomic mass is 10.5. The topological polar surface area (TPSA) is 84.6 Å². The summed E-state index contributed by atoms with van der Waals surface area (Å²) in [6, 6.07) is 2.85. The Bertz CT molecular complexity index is 428. The first-order chi connectivity index (χ1) is 6.42. The van der Waals surface area contributed by atoms with Gasteiger partial charge in [-0.15, -0.1) is 0 Å². The Morgan fingerprint density at radius 1 is 1.50 bits per heavy atom. The molecule has 0 fully saturated rings. The first-order valence-electron chi connectivity index (χ1n) is 3.93. The zero-order chi connectivity index (χ0) is 10.8. The molecular formula is C8H10O5S. The SMILES string of the molecule is Cc1ccc(S(=O)(=O)CCC(=O)O)o1. The van der Waals surface area contributed by atoms with E-state index in [0.717, 1.165) is 0 Å². The van der Waals surface area contributed by atoms with Crippen LogP contribution in [0.3, 0.4) is 0 Å². The standard InChI is InChI=1S/C8H10O5S/c1-6-2-3-8(13-6)14(11,12)5-4-7(9)10/h2-3H,4-5H2,1H3,(H,9,10). The third-order valence-electron chi connectivity index (χ3n) is 1.61. The third-order valence-corrected chi connectivity index (χ3v) is 3.18. The molecule has 0 spiro atoms. The molecule has 6 heteroatoms. The number of aryl methyl sites for hydroxylation is 1. The van der Waals surface area contributed by atoms with Crippen molar-refractivity contribution in [2.75, 3.05) is 5.75 Å². The first kappa shape index (κ1) is 10.8. The van der Waals surface area contributed by atoms with Crippen molar-refractivity contribution in [3.63, 3.8) is 0 Å². The van der Waals surface area contributed by atoms with Crippen LogP contribution in [0.25, 0.3) is 0 Å². The van der Waals surface area contributed by atoms with E-state index in [9.17, 15) is 13.2 Å². The molecule has 0 atom stereocenters. The maximum absolute atomic E-state index is 11.4. The van der Waals surface area contributed by atoms with Crippen LogP contribution in [-0.4, -0.2) is 25.2 Å². The van der Waals surface area contributed by atoms with E-state index < -0.39 is 28.0 Å². The molecule has 1 aromatic heterocycles. The van der Waals surface area contributed by atoms with Crippen LogP contribution in [0.4, 0.5) is 0 Å². The average Bonchev–Trinajstić information content (AvgIpc) is 2.49. The zero-order valence-corrected chi connectivity index (χ0v) is 8.37. The molecule has 1 aromatic rings. The van der Waals surface area contributed by atoms with Gasteiger partial charge in [0.2, 0.25) is 14.9 Å². The van der Waals surface area contributed by atoms with Crippen molar-refractivity contribution in [3.05, 3.63) is 17.9 Å². The van der Waals surface area contributed by atoms with Gasteiger partial charge in [-0.3, -0.25) is 4.79 Å². The maximum Gasteiger partial charge on any atom is 0.304 e. The molecular weight excluding hydrogens is 208 g/mol. The smallest absolute Gasteiger partial charge is 0.304 e. The van der Waals surface area contributed by atoms with Gasteiger partial charge in [-0.25, -0.2) is 8.42 Å². The number of furan rings is 1. The molecule has 0 saturated carbocycles. The molecule has 0 saturated heterocycles. The molecule has 0 bridgehead atoms. The zero-order valence-electron chi connectivity index (χ0n) is 7.56. The largest absolute Gasteiger partial charge is 0.481 e. The summed E-state index contributed by atoms with van der Waals surface area (Å²) in [4.78, 5) is 10.2. The molecule has 0 aliphatic heterocycles. The van der Waals surface area contributed by atoms with Gasteiger partial charge in [-0.05, 0) is 19.1 Å². The minimum Gasteiger partial charge on any atom is -0.481 e. The molecule has 1 N–H and O–H groups in total. The van der Waals surface area contributed by atoms with Gasteiger partial charge in [-0.1, -0.05) is 0 Å². The summed E-state index contributed by atoms with van der Waals surface area (Å²) in [7, 11) is -3.58. The number of hydrogen-bond acceptors (Lipinski definition) is 4. The van der Waals surface area contributed by atoms with E-state index in [2.05, 4.69) is 0 Å². The van der Waals surface area contributed by atoms with Gasteiger partial charge in [-0.2, -0.15) is 0 Å². The van der Waals surface area contributed by atoms with Crippen molar-refractivity contribution in [2.45, 2.75) is 18.4 Å². The molecule has 14 heavy (non-hydrogen) atoms. The summed E-state index contributed by atoms with van der Waals surface area (Å²) < 4.78 is 27.7. The van der Waals surface area contributed by atoms with Gasteiger partial charge in [0.25, 0.3) is 0 Å². The van der Waals surface area contributed by atoms with Gasteiger partial charge in [0.1, 0.15) is 5.76 Å². The van der Waals surface area contributed by atoms with E-state index >= 15 is 0 Å². The summed E-state index contributed by atoms with van der Waals surface area (Å²) >= 11 is 0. The van der Waals surface area contributed by atoms with Crippen molar-refractivity contribution in [1.29, 1.82) is 0 Å². The minimum atomic E-state index is -3.58. The Kier molecular flexibility index (Phi) is 2.95. The lowest BCUT2D eigenvalue weighted by Gasteiger charge is -1.97. The highest BCUT2D eigenvalue weighted by atomic mass is 32.2. The molecule has 5 nitrogen and oxygen atoms in total. The van der Waals surface area contributed by atoms with Crippen LogP contribution in [0, 0.1) is 6.92 Å². The molecule has 1 heterocycles. The Morgan fingerprint density at radius 3 is 2.57 bits per heavy atom. The second-order valence-electron chi connectivity index (χ2n) is 2.83. The minimum absolute atomic E-state index is 0.170. The van der Waals surface area contributed by atoms with Crippen LogP contribution in [0.2, 0.25) is 0 Å². The lowest BCUT2D eigenvalue weighted by Crippen LogP contribution is -2.10. The highest BCUT2D eigenvalue weighted by molar-refractivity contribution is 7.91. The number of rotatable bonds is 4. The van der Waals surface area contributed by atoms with Crippen molar-refractivity contribution in [3.8, 4) is 0 Å². The Labute approximate surface area is 81.3 Å². The van der Waals surface area contributed by atoms with E-state index in [1.807, 2.05) is 0 Å². The van der Waals surface area contributed by atoms with Crippen LogP contribution in [0.5, 0.6) is 0 Å². The third kappa shape index (κ3) is 2.59. The van der Waals surface area contributed by atoms with Crippen molar-refractivity contribution < 1.29 is 22.7 Å². The van der Waals surface area contributed by atoms with Crippen LogP contribution in [0.15, 0.2) is 21.6 Å². The quantitative estimate of drug-likeness (QED) is 0.809. The molecule has 0 aromatic carbocycles. The normalized spacial score (nSPS) is 11.5. The van der Waals surface area contributed by atoms with Crippen molar-refractivity contribution in [2.24, 2.45) is 0 Å². The van der Waals surface area contributed by atoms with Crippen LogP contribution in [0.1, 0.15) is 12.2 Å².